The van der Waals surface area contributed by atoms with Crippen LogP contribution in [0.15, 0.2) is 11.1 Å². The van der Waals surface area contributed by atoms with Crippen molar-refractivity contribution < 1.29 is 0 Å². The fourth-order valence-corrected chi connectivity index (χ4v) is 1.68. The first-order valence-corrected chi connectivity index (χ1v) is 5.56. The van der Waals surface area contributed by atoms with Crippen molar-refractivity contribution in [2.24, 2.45) is 0 Å². The van der Waals surface area contributed by atoms with Gasteiger partial charge in [0.1, 0.15) is 5.02 Å². The number of nitrogens with one attached hydrogen (secondary N) is 1. The smallest absolute Gasteiger partial charge is 0.271 e. The van der Waals surface area contributed by atoms with Gasteiger partial charge >= 0.3 is 0 Å². The fourth-order valence-electron chi connectivity index (χ4n) is 1.46. The third-order valence-electron chi connectivity index (χ3n) is 2.06. The Kier molecular flexibility index (Phi) is 4.62. The first-order valence-electron chi connectivity index (χ1n) is 5.18. The van der Waals surface area contributed by atoms with Crippen LogP contribution < -0.4 is 10.5 Å². The molecule has 0 spiro atoms. The molecule has 0 fully saturated rings. The van der Waals surface area contributed by atoms with Crippen molar-refractivity contribution in [3.05, 3.63) is 21.7 Å². The summed E-state index contributed by atoms with van der Waals surface area (Å²) in [7, 11) is 0. The number of hydrogen-bond donors (Lipinski definition) is 1. The molecule has 1 N–H and O–H groups in total. The molecule has 0 saturated heterocycles. The summed E-state index contributed by atoms with van der Waals surface area (Å²) in [6.45, 7) is 5.90. The largest absolute Gasteiger partial charge is 0.355 e. The average molecular weight is 230 g/mol. The standard InChI is InChI=1S/C10H16ClN3O/c1-3-5-14(6-4-2)9-8(11)10(15)13-7-12-9/h7H,3-6H2,1-2H3,(H,12,13,15). The number of rotatable bonds is 5. The van der Waals surface area contributed by atoms with Crippen LogP contribution in [0.5, 0.6) is 0 Å². The Hall–Kier alpha value is -1.03. The van der Waals surface area contributed by atoms with Gasteiger partial charge in [-0.1, -0.05) is 25.4 Å². The van der Waals surface area contributed by atoms with Crippen molar-refractivity contribution in [1.82, 2.24) is 9.97 Å². The van der Waals surface area contributed by atoms with Crippen molar-refractivity contribution in [3.63, 3.8) is 0 Å². The Balaban J connectivity index is 2.99. The second-order valence-corrected chi connectivity index (χ2v) is 3.73. The van der Waals surface area contributed by atoms with Gasteiger partial charge in [0.05, 0.1) is 6.33 Å². The normalized spacial score (nSPS) is 10.3. The lowest BCUT2D eigenvalue weighted by molar-refractivity contribution is 0.731. The van der Waals surface area contributed by atoms with Gasteiger partial charge in [-0.15, -0.1) is 0 Å². The van der Waals surface area contributed by atoms with E-state index < -0.39 is 0 Å². The number of hydrogen-bond acceptors (Lipinski definition) is 3. The molecule has 0 aliphatic rings. The highest BCUT2D eigenvalue weighted by molar-refractivity contribution is 6.32. The Morgan fingerprint density at radius 2 is 2.00 bits per heavy atom. The van der Waals surface area contributed by atoms with Gasteiger partial charge in [0.25, 0.3) is 5.56 Å². The van der Waals surface area contributed by atoms with Gasteiger partial charge in [0, 0.05) is 13.1 Å². The number of aromatic amines is 1. The first-order chi connectivity index (χ1) is 7.20. The summed E-state index contributed by atoms with van der Waals surface area (Å²) in [5, 5.41) is 0.180. The number of H-pyrrole nitrogens is 1. The molecule has 84 valence electrons. The van der Waals surface area contributed by atoms with E-state index in [-0.39, 0.29) is 10.6 Å². The molecule has 5 heteroatoms. The molecular formula is C10H16ClN3O. The van der Waals surface area contributed by atoms with E-state index >= 15 is 0 Å². The van der Waals surface area contributed by atoms with E-state index in [0.717, 1.165) is 25.9 Å². The van der Waals surface area contributed by atoms with Gasteiger partial charge in [0.2, 0.25) is 0 Å². The Bertz CT molecular complexity index is 358. The molecule has 1 aromatic heterocycles. The van der Waals surface area contributed by atoms with Gasteiger partial charge in [-0.25, -0.2) is 4.98 Å². The summed E-state index contributed by atoms with van der Waals surface area (Å²) in [6.07, 6.45) is 3.40. The van der Waals surface area contributed by atoms with E-state index in [2.05, 4.69) is 23.8 Å². The number of halogens is 1. The van der Waals surface area contributed by atoms with Crippen LogP contribution in [-0.2, 0) is 0 Å². The van der Waals surface area contributed by atoms with Crippen LogP contribution >= 0.6 is 11.6 Å². The molecular weight excluding hydrogens is 214 g/mol. The molecule has 0 saturated carbocycles. The molecule has 0 radical (unpaired) electrons. The monoisotopic (exact) mass is 229 g/mol. The van der Waals surface area contributed by atoms with E-state index in [1.54, 1.807) is 0 Å². The Morgan fingerprint density at radius 3 is 2.53 bits per heavy atom. The van der Waals surface area contributed by atoms with E-state index in [4.69, 9.17) is 11.6 Å². The third kappa shape index (κ3) is 2.96. The van der Waals surface area contributed by atoms with Gasteiger partial charge < -0.3 is 9.88 Å². The highest BCUT2D eigenvalue weighted by Gasteiger charge is 2.12. The molecule has 0 amide bonds. The minimum Gasteiger partial charge on any atom is -0.355 e. The molecule has 0 aliphatic heterocycles. The van der Waals surface area contributed by atoms with Gasteiger partial charge in [-0.3, -0.25) is 4.79 Å². The lowest BCUT2D eigenvalue weighted by Crippen LogP contribution is -2.28. The highest BCUT2D eigenvalue weighted by Crippen LogP contribution is 2.18. The molecule has 0 bridgehead atoms. The minimum absolute atomic E-state index is 0.180. The van der Waals surface area contributed by atoms with Crippen LogP contribution in [-0.4, -0.2) is 23.1 Å². The zero-order valence-corrected chi connectivity index (χ0v) is 9.84. The van der Waals surface area contributed by atoms with Crippen molar-refractivity contribution >= 4 is 17.4 Å². The Morgan fingerprint density at radius 1 is 1.40 bits per heavy atom. The predicted molar refractivity (Wildman–Crippen MR) is 62.7 cm³/mol. The second kappa shape index (κ2) is 5.75. The first kappa shape index (κ1) is 12.0. The zero-order chi connectivity index (χ0) is 11.3. The van der Waals surface area contributed by atoms with Gasteiger partial charge in [-0.2, -0.15) is 0 Å². The van der Waals surface area contributed by atoms with Crippen molar-refractivity contribution in [1.29, 1.82) is 0 Å². The molecule has 1 aromatic rings. The topological polar surface area (TPSA) is 49.0 Å². The van der Waals surface area contributed by atoms with E-state index in [1.165, 1.54) is 6.33 Å². The molecule has 0 aliphatic carbocycles. The van der Waals surface area contributed by atoms with Gasteiger partial charge in [0.15, 0.2) is 5.82 Å². The lowest BCUT2D eigenvalue weighted by atomic mass is 10.3. The molecule has 0 unspecified atom stereocenters. The maximum atomic E-state index is 11.3. The minimum atomic E-state index is -0.279. The quantitative estimate of drug-likeness (QED) is 0.841. The van der Waals surface area contributed by atoms with Crippen LogP contribution in [0.3, 0.4) is 0 Å². The fraction of sp³-hybridized carbons (Fsp3) is 0.600. The van der Waals surface area contributed by atoms with Gasteiger partial charge in [-0.05, 0) is 12.8 Å². The number of aromatic nitrogens is 2. The van der Waals surface area contributed by atoms with Crippen LogP contribution in [0, 0.1) is 0 Å². The van der Waals surface area contributed by atoms with Crippen molar-refractivity contribution in [3.8, 4) is 0 Å². The summed E-state index contributed by atoms with van der Waals surface area (Å²) in [5.74, 6) is 0.587. The molecule has 0 aromatic carbocycles. The van der Waals surface area contributed by atoms with Crippen LogP contribution in [0.2, 0.25) is 5.02 Å². The van der Waals surface area contributed by atoms with E-state index in [0.29, 0.717) is 5.82 Å². The number of anilines is 1. The SMILES string of the molecule is CCCN(CCC)c1nc[nH]c(=O)c1Cl. The maximum absolute atomic E-state index is 11.3. The highest BCUT2D eigenvalue weighted by atomic mass is 35.5. The molecule has 1 rings (SSSR count). The summed E-state index contributed by atoms with van der Waals surface area (Å²) in [5.41, 5.74) is -0.279. The van der Waals surface area contributed by atoms with Crippen LogP contribution in [0.4, 0.5) is 5.82 Å². The molecule has 15 heavy (non-hydrogen) atoms. The summed E-state index contributed by atoms with van der Waals surface area (Å²) in [6, 6.07) is 0. The predicted octanol–water partition coefficient (Wildman–Crippen LogP) is 2.05. The van der Waals surface area contributed by atoms with Crippen molar-refractivity contribution in [2.45, 2.75) is 26.7 Å². The van der Waals surface area contributed by atoms with Crippen molar-refractivity contribution in [2.75, 3.05) is 18.0 Å². The summed E-state index contributed by atoms with van der Waals surface area (Å²) < 4.78 is 0. The maximum Gasteiger partial charge on any atom is 0.271 e. The average Bonchev–Trinajstić information content (AvgIpc) is 2.22. The third-order valence-corrected chi connectivity index (χ3v) is 2.41. The molecule has 4 nitrogen and oxygen atoms in total. The Labute approximate surface area is 94.3 Å². The zero-order valence-electron chi connectivity index (χ0n) is 9.09. The molecule has 0 atom stereocenters. The number of nitrogens with zero attached hydrogens (tertiary/aromatic N) is 2. The van der Waals surface area contributed by atoms with Crippen LogP contribution in [0.1, 0.15) is 26.7 Å². The molecule has 1 heterocycles. The van der Waals surface area contributed by atoms with E-state index in [9.17, 15) is 4.79 Å². The summed E-state index contributed by atoms with van der Waals surface area (Å²) >= 11 is 5.91. The lowest BCUT2D eigenvalue weighted by Gasteiger charge is -2.22. The second-order valence-electron chi connectivity index (χ2n) is 3.36. The summed E-state index contributed by atoms with van der Waals surface area (Å²) in [4.78, 5) is 19.9. The van der Waals surface area contributed by atoms with E-state index in [1.807, 2.05) is 4.90 Å². The van der Waals surface area contributed by atoms with Crippen LogP contribution in [0.25, 0.3) is 0 Å².